The van der Waals surface area contributed by atoms with Crippen LogP contribution in [-0.2, 0) is 0 Å². The lowest BCUT2D eigenvalue weighted by atomic mass is 9.37. The highest BCUT2D eigenvalue weighted by Gasteiger charge is 2.25. The molecule has 0 bridgehead atoms. The minimum Gasteiger partial charge on any atom is -0.294 e. The molecule has 4 heterocycles. The van der Waals surface area contributed by atoms with E-state index in [9.17, 15) is 0 Å². The lowest BCUT2D eigenvalue weighted by Gasteiger charge is -2.17. The van der Waals surface area contributed by atoms with Crippen LogP contribution in [0.15, 0.2) is 152 Å². The zero-order valence-electron chi connectivity index (χ0n) is 26.3. The molecule has 0 fully saturated rings. The highest BCUT2D eigenvalue weighted by atomic mass is 15.1. The summed E-state index contributed by atoms with van der Waals surface area (Å²) in [5, 5.41) is 4.90. The van der Waals surface area contributed by atoms with Gasteiger partial charge in [-0.2, -0.15) is 0 Å². The fourth-order valence-electron chi connectivity index (χ4n) is 7.34. The number of pyridine rings is 2. The Balaban J connectivity index is 1.31. The second-order valence-electron chi connectivity index (χ2n) is 12.5. The van der Waals surface area contributed by atoms with Crippen LogP contribution in [0.25, 0.3) is 55.2 Å². The Kier molecular flexibility index (Phi) is 6.32. The number of benzene rings is 5. The van der Waals surface area contributed by atoms with E-state index < -0.39 is 0 Å². The SMILES string of the molecule is Cc1ccnc(-n2c3ccccc3c3ccc(B(c4ccccc4)c4ccc5c6ccccc6n(-c6cc(C)ccn6)c5c4)cc32)c1. The van der Waals surface area contributed by atoms with E-state index in [4.69, 9.17) is 9.97 Å². The van der Waals surface area contributed by atoms with Gasteiger partial charge in [-0.3, -0.25) is 9.13 Å². The van der Waals surface area contributed by atoms with Crippen LogP contribution in [0.3, 0.4) is 0 Å². The molecule has 5 heteroatoms. The minimum absolute atomic E-state index is 0.0128. The topological polar surface area (TPSA) is 35.6 Å². The Morgan fingerprint density at radius 2 is 0.851 bits per heavy atom. The predicted molar refractivity (Wildman–Crippen MR) is 198 cm³/mol. The highest BCUT2D eigenvalue weighted by molar-refractivity contribution is 6.95. The Labute approximate surface area is 273 Å². The number of rotatable bonds is 5. The Morgan fingerprint density at radius 3 is 1.34 bits per heavy atom. The van der Waals surface area contributed by atoms with Gasteiger partial charge in [0.05, 0.1) is 22.1 Å². The fraction of sp³-hybridized carbons (Fsp3) is 0.0476. The maximum absolute atomic E-state index is 4.83. The summed E-state index contributed by atoms with van der Waals surface area (Å²) in [4.78, 5) is 9.65. The minimum atomic E-state index is 0.0128. The highest BCUT2D eigenvalue weighted by Crippen LogP contribution is 2.33. The summed E-state index contributed by atoms with van der Waals surface area (Å²) in [5.41, 5.74) is 10.7. The maximum Gasteiger partial charge on any atom is 0.241 e. The molecule has 0 atom stereocenters. The van der Waals surface area contributed by atoms with Crippen LogP contribution in [0.2, 0.25) is 0 Å². The quantitative estimate of drug-likeness (QED) is 0.189. The Morgan fingerprint density at radius 1 is 0.404 bits per heavy atom. The van der Waals surface area contributed by atoms with E-state index in [2.05, 4.69) is 163 Å². The summed E-state index contributed by atoms with van der Waals surface area (Å²) in [6.45, 7) is 4.26. The molecule has 0 aliphatic heterocycles. The third-order valence-electron chi connectivity index (χ3n) is 9.46. The lowest BCUT2D eigenvalue weighted by Crippen LogP contribution is -2.52. The molecule has 0 aliphatic rings. The predicted octanol–water partition coefficient (Wildman–Crippen LogP) is 7.80. The number of aryl methyl sites for hydroxylation is 2. The van der Waals surface area contributed by atoms with Crippen LogP contribution in [0, 0.1) is 13.8 Å². The standard InChI is InChI=1S/C42H31BN4/c1-28-20-22-44-41(24-28)46-37-14-8-6-12-33(37)35-18-16-31(26-39(35)46)43(30-10-4-3-5-11-30)32-17-19-36-34-13-7-9-15-38(34)47(40(36)27-32)42-25-29(2)21-23-45-42/h3-27H,1-2H3. The van der Waals surface area contributed by atoms with Crippen LogP contribution < -0.4 is 16.4 Å². The van der Waals surface area contributed by atoms with E-state index >= 15 is 0 Å². The van der Waals surface area contributed by atoms with Crippen LogP contribution in [0.1, 0.15) is 11.1 Å². The maximum atomic E-state index is 4.83. The molecular weight excluding hydrogens is 571 g/mol. The van der Waals surface area contributed by atoms with Crippen LogP contribution in [0.4, 0.5) is 0 Å². The van der Waals surface area contributed by atoms with Crippen molar-refractivity contribution in [2.75, 3.05) is 0 Å². The molecule has 0 amide bonds. The molecule has 0 N–H and O–H groups in total. The first kappa shape index (κ1) is 27.4. The van der Waals surface area contributed by atoms with Gasteiger partial charge in [0.1, 0.15) is 11.6 Å². The molecule has 4 nitrogen and oxygen atoms in total. The van der Waals surface area contributed by atoms with Gasteiger partial charge >= 0.3 is 0 Å². The van der Waals surface area contributed by atoms with Crippen molar-refractivity contribution in [1.29, 1.82) is 0 Å². The first-order valence-electron chi connectivity index (χ1n) is 16.1. The van der Waals surface area contributed by atoms with Gasteiger partial charge in [0.15, 0.2) is 0 Å². The Hall–Kier alpha value is -5.94. The number of aromatic nitrogens is 4. The van der Waals surface area contributed by atoms with E-state index in [1.54, 1.807) is 0 Å². The average Bonchev–Trinajstić information content (AvgIpc) is 3.61. The molecule has 0 saturated heterocycles. The zero-order valence-corrected chi connectivity index (χ0v) is 26.3. The molecule has 4 aromatic heterocycles. The summed E-state index contributed by atoms with van der Waals surface area (Å²) in [7, 11) is 0. The van der Waals surface area contributed by atoms with Gasteiger partial charge in [-0.25, -0.2) is 9.97 Å². The number of para-hydroxylation sites is 2. The van der Waals surface area contributed by atoms with Crippen LogP contribution in [0.5, 0.6) is 0 Å². The molecule has 0 spiro atoms. The molecule has 47 heavy (non-hydrogen) atoms. The molecule has 9 rings (SSSR count). The van der Waals surface area contributed by atoms with Gasteiger partial charge in [0.2, 0.25) is 6.71 Å². The van der Waals surface area contributed by atoms with Crippen molar-refractivity contribution in [3.63, 3.8) is 0 Å². The van der Waals surface area contributed by atoms with Gasteiger partial charge in [0.25, 0.3) is 0 Å². The molecule has 0 saturated carbocycles. The second-order valence-corrected chi connectivity index (χ2v) is 12.5. The summed E-state index contributed by atoms with van der Waals surface area (Å²) >= 11 is 0. The van der Waals surface area contributed by atoms with Gasteiger partial charge in [-0.05, 0) is 73.5 Å². The van der Waals surface area contributed by atoms with Crippen LogP contribution in [-0.4, -0.2) is 25.8 Å². The van der Waals surface area contributed by atoms with Crippen molar-refractivity contribution in [2.24, 2.45) is 0 Å². The normalized spacial score (nSPS) is 11.6. The Bertz CT molecular complexity index is 2450. The number of hydrogen-bond acceptors (Lipinski definition) is 2. The summed E-state index contributed by atoms with van der Waals surface area (Å²) in [5.74, 6) is 1.86. The first-order valence-corrected chi connectivity index (χ1v) is 16.1. The average molecular weight is 603 g/mol. The molecule has 9 aromatic rings. The largest absolute Gasteiger partial charge is 0.294 e. The van der Waals surface area contributed by atoms with Crippen molar-refractivity contribution >= 4 is 66.7 Å². The third kappa shape index (κ3) is 4.46. The number of nitrogens with zero attached hydrogens (tertiary/aromatic N) is 4. The van der Waals surface area contributed by atoms with Crippen LogP contribution >= 0.6 is 0 Å². The van der Waals surface area contributed by atoms with E-state index in [0.29, 0.717) is 0 Å². The summed E-state index contributed by atoms with van der Waals surface area (Å²) < 4.78 is 4.63. The summed E-state index contributed by atoms with van der Waals surface area (Å²) in [6, 6.07) is 50.5. The van der Waals surface area contributed by atoms with E-state index in [1.165, 1.54) is 49.1 Å². The van der Waals surface area contributed by atoms with Crippen molar-refractivity contribution in [2.45, 2.75) is 13.8 Å². The molecule has 0 unspecified atom stereocenters. The molecular formula is C42H31BN4. The van der Waals surface area contributed by atoms with Crippen molar-refractivity contribution in [1.82, 2.24) is 19.1 Å². The molecule has 0 aliphatic carbocycles. The van der Waals surface area contributed by atoms with Crippen molar-refractivity contribution in [3.8, 4) is 11.6 Å². The smallest absolute Gasteiger partial charge is 0.241 e. The van der Waals surface area contributed by atoms with E-state index in [0.717, 1.165) is 33.7 Å². The molecule has 0 radical (unpaired) electrons. The fourth-order valence-corrected chi connectivity index (χ4v) is 7.34. The van der Waals surface area contributed by atoms with Crippen molar-refractivity contribution in [3.05, 3.63) is 163 Å². The lowest BCUT2D eigenvalue weighted by molar-refractivity contribution is 1.07. The summed E-state index contributed by atoms with van der Waals surface area (Å²) in [6.07, 6.45) is 3.80. The number of fused-ring (bicyclic) bond motifs is 6. The number of hydrogen-bond donors (Lipinski definition) is 0. The molecule has 222 valence electrons. The van der Waals surface area contributed by atoms with Gasteiger partial charge < -0.3 is 0 Å². The zero-order chi connectivity index (χ0) is 31.5. The van der Waals surface area contributed by atoms with Gasteiger partial charge in [0, 0.05) is 33.9 Å². The van der Waals surface area contributed by atoms with E-state index in [-0.39, 0.29) is 6.71 Å². The molecule has 5 aromatic carbocycles. The second kappa shape index (κ2) is 10.9. The monoisotopic (exact) mass is 602 g/mol. The first-order chi connectivity index (χ1) is 23.1. The van der Waals surface area contributed by atoms with Gasteiger partial charge in [-0.15, -0.1) is 0 Å². The third-order valence-corrected chi connectivity index (χ3v) is 9.46. The van der Waals surface area contributed by atoms with E-state index in [1.807, 2.05) is 12.4 Å². The van der Waals surface area contributed by atoms with Crippen molar-refractivity contribution < 1.29 is 0 Å². The van der Waals surface area contributed by atoms with Gasteiger partial charge in [-0.1, -0.05) is 107 Å².